The molecule has 1 heterocycles. The summed E-state index contributed by atoms with van der Waals surface area (Å²) in [6, 6.07) is 10.6. The van der Waals surface area contributed by atoms with Crippen LogP contribution in [0.15, 0.2) is 41.0 Å². The minimum Gasteiger partial charge on any atom is -0.497 e. The second kappa shape index (κ2) is 5.52. The van der Waals surface area contributed by atoms with Crippen LogP contribution in [0.3, 0.4) is 0 Å². The van der Waals surface area contributed by atoms with Gasteiger partial charge in [0.25, 0.3) is 0 Å². The van der Waals surface area contributed by atoms with E-state index in [0.29, 0.717) is 22.9 Å². The lowest BCUT2D eigenvalue weighted by molar-refractivity contribution is 0.407. The number of pyridine rings is 1. The number of nitrogens with zero attached hydrogens (tertiary/aromatic N) is 2. The number of nitriles is 1. The average Bonchev–Trinajstić information content (AvgIpc) is 2.41. The van der Waals surface area contributed by atoms with Crippen molar-refractivity contribution in [2.75, 3.05) is 7.11 Å². The van der Waals surface area contributed by atoms with Gasteiger partial charge >= 0.3 is 0 Å². The van der Waals surface area contributed by atoms with E-state index in [9.17, 15) is 0 Å². The summed E-state index contributed by atoms with van der Waals surface area (Å²) >= 11 is 3.30. The topological polar surface area (TPSA) is 55.1 Å². The number of aromatic nitrogens is 1. The van der Waals surface area contributed by atoms with Gasteiger partial charge in [-0.2, -0.15) is 5.26 Å². The van der Waals surface area contributed by atoms with Crippen LogP contribution in [0.4, 0.5) is 0 Å². The van der Waals surface area contributed by atoms with E-state index < -0.39 is 0 Å². The summed E-state index contributed by atoms with van der Waals surface area (Å²) in [5.74, 6) is 1.54. The Morgan fingerprint density at radius 3 is 2.61 bits per heavy atom. The second-order valence-electron chi connectivity index (χ2n) is 3.43. The second-order valence-corrected chi connectivity index (χ2v) is 4.34. The molecule has 2 aromatic rings. The Morgan fingerprint density at radius 2 is 2.00 bits per heavy atom. The predicted octanol–water partition coefficient (Wildman–Crippen LogP) is 3.52. The molecule has 1 aromatic carbocycles. The monoisotopic (exact) mass is 304 g/mol. The Labute approximate surface area is 113 Å². The minimum absolute atomic E-state index is 0.454. The molecule has 0 aliphatic carbocycles. The third-order valence-corrected chi connectivity index (χ3v) is 2.64. The fourth-order valence-electron chi connectivity index (χ4n) is 1.36. The molecule has 4 nitrogen and oxygen atoms in total. The van der Waals surface area contributed by atoms with Crippen molar-refractivity contribution in [1.29, 1.82) is 5.26 Å². The molecular weight excluding hydrogens is 296 g/mol. The summed E-state index contributed by atoms with van der Waals surface area (Å²) in [5, 5.41) is 8.90. The first-order valence-electron chi connectivity index (χ1n) is 5.10. The average molecular weight is 305 g/mol. The Bertz CT molecular complexity index is 591. The number of ether oxygens (including phenoxy) is 2. The van der Waals surface area contributed by atoms with Crippen molar-refractivity contribution in [3.8, 4) is 23.4 Å². The summed E-state index contributed by atoms with van der Waals surface area (Å²) in [6.45, 7) is 0. The van der Waals surface area contributed by atoms with E-state index in [2.05, 4.69) is 20.9 Å². The van der Waals surface area contributed by atoms with E-state index >= 15 is 0 Å². The van der Waals surface area contributed by atoms with E-state index in [1.54, 1.807) is 30.5 Å². The molecule has 5 heteroatoms. The van der Waals surface area contributed by atoms with Crippen LogP contribution in [0.2, 0.25) is 0 Å². The first-order valence-corrected chi connectivity index (χ1v) is 5.89. The van der Waals surface area contributed by atoms with Gasteiger partial charge in [-0.1, -0.05) is 0 Å². The Balaban J connectivity index is 2.28. The Kier molecular flexibility index (Phi) is 3.80. The number of methoxy groups -OCH3 is 1. The molecule has 0 unspecified atom stereocenters. The SMILES string of the molecule is COc1cc(C#N)cc(Oc2ccc(Br)cn2)c1. The molecule has 0 saturated carbocycles. The molecule has 0 atom stereocenters. The van der Waals surface area contributed by atoms with E-state index in [-0.39, 0.29) is 0 Å². The maximum absolute atomic E-state index is 8.90. The summed E-state index contributed by atoms with van der Waals surface area (Å²) in [4.78, 5) is 4.09. The van der Waals surface area contributed by atoms with Crippen molar-refractivity contribution in [3.63, 3.8) is 0 Å². The van der Waals surface area contributed by atoms with Gasteiger partial charge in [-0.05, 0) is 34.1 Å². The predicted molar refractivity (Wildman–Crippen MR) is 69.7 cm³/mol. The minimum atomic E-state index is 0.454. The van der Waals surface area contributed by atoms with Crippen molar-refractivity contribution < 1.29 is 9.47 Å². The first kappa shape index (κ1) is 12.4. The zero-order chi connectivity index (χ0) is 13.0. The van der Waals surface area contributed by atoms with Gasteiger partial charge in [0.05, 0.1) is 18.7 Å². The molecule has 0 radical (unpaired) electrons. The van der Waals surface area contributed by atoms with E-state index in [1.165, 1.54) is 7.11 Å². The smallest absolute Gasteiger partial charge is 0.219 e. The van der Waals surface area contributed by atoms with Crippen LogP contribution in [0, 0.1) is 11.3 Å². The first-order chi connectivity index (χ1) is 8.71. The highest BCUT2D eigenvalue weighted by atomic mass is 79.9. The Hall–Kier alpha value is -2.06. The largest absolute Gasteiger partial charge is 0.497 e. The van der Waals surface area contributed by atoms with Crippen molar-refractivity contribution in [2.45, 2.75) is 0 Å². The summed E-state index contributed by atoms with van der Waals surface area (Å²) in [5.41, 5.74) is 0.474. The fraction of sp³-hybridized carbons (Fsp3) is 0.0769. The van der Waals surface area contributed by atoms with Crippen molar-refractivity contribution in [2.24, 2.45) is 0 Å². The molecule has 0 amide bonds. The van der Waals surface area contributed by atoms with Gasteiger partial charge in [0, 0.05) is 22.8 Å². The van der Waals surface area contributed by atoms with Gasteiger partial charge in [-0.15, -0.1) is 0 Å². The molecule has 0 aliphatic rings. The van der Waals surface area contributed by atoms with Crippen LogP contribution in [-0.2, 0) is 0 Å². The summed E-state index contributed by atoms with van der Waals surface area (Å²) < 4.78 is 11.5. The van der Waals surface area contributed by atoms with Gasteiger partial charge in [-0.25, -0.2) is 4.98 Å². The van der Waals surface area contributed by atoms with Gasteiger partial charge in [0.15, 0.2) is 0 Å². The van der Waals surface area contributed by atoms with Crippen molar-refractivity contribution in [1.82, 2.24) is 4.98 Å². The van der Waals surface area contributed by atoms with Crippen LogP contribution in [0.5, 0.6) is 17.4 Å². The molecule has 90 valence electrons. The molecule has 1 aromatic heterocycles. The molecular formula is C13H9BrN2O2. The van der Waals surface area contributed by atoms with Gasteiger partial charge < -0.3 is 9.47 Å². The summed E-state index contributed by atoms with van der Waals surface area (Å²) in [7, 11) is 1.54. The Morgan fingerprint density at radius 1 is 1.22 bits per heavy atom. The molecule has 0 N–H and O–H groups in total. The number of benzene rings is 1. The molecule has 0 fully saturated rings. The number of hydrogen-bond acceptors (Lipinski definition) is 4. The standard InChI is InChI=1S/C13H9BrN2O2/c1-17-11-4-9(7-15)5-12(6-11)18-13-3-2-10(14)8-16-13/h2-6,8H,1H3. The van der Waals surface area contributed by atoms with Crippen LogP contribution in [0.1, 0.15) is 5.56 Å². The van der Waals surface area contributed by atoms with Gasteiger partial charge in [-0.3, -0.25) is 0 Å². The zero-order valence-electron chi connectivity index (χ0n) is 9.55. The molecule has 18 heavy (non-hydrogen) atoms. The molecule has 2 rings (SSSR count). The normalized spacial score (nSPS) is 9.61. The zero-order valence-corrected chi connectivity index (χ0v) is 11.1. The molecule has 0 bridgehead atoms. The highest BCUT2D eigenvalue weighted by molar-refractivity contribution is 9.10. The highest BCUT2D eigenvalue weighted by Gasteiger charge is 2.04. The van der Waals surface area contributed by atoms with Gasteiger partial charge in [0.2, 0.25) is 5.88 Å². The number of halogens is 1. The number of rotatable bonds is 3. The fourth-order valence-corrected chi connectivity index (χ4v) is 1.59. The van der Waals surface area contributed by atoms with Crippen molar-refractivity contribution >= 4 is 15.9 Å². The lowest BCUT2D eigenvalue weighted by Crippen LogP contribution is -1.90. The molecule has 0 spiro atoms. The third kappa shape index (κ3) is 2.99. The maximum atomic E-state index is 8.90. The lowest BCUT2D eigenvalue weighted by atomic mass is 10.2. The number of hydrogen-bond donors (Lipinski definition) is 0. The lowest BCUT2D eigenvalue weighted by Gasteiger charge is -2.07. The highest BCUT2D eigenvalue weighted by Crippen LogP contribution is 2.26. The van der Waals surface area contributed by atoms with E-state index in [4.69, 9.17) is 14.7 Å². The van der Waals surface area contributed by atoms with Crippen LogP contribution >= 0.6 is 15.9 Å². The molecule has 0 aliphatic heterocycles. The third-order valence-electron chi connectivity index (χ3n) is 2.17. The van der Waals surface area contributed by atoms with Crippen LogP contribution < -0.4 is 9.47 Å². The van der Waals surface area contributed by atoms with E-state index in [1.807, 2.05) is 12.1 Å². The van der Waals surface area contributed by atoms with E-state index in [0.717, 1.165) is 4.47 Å². The quantitative estimate of drug-likeness (QED) is 0.870. The van der Waals surface area contributed by atoms with Crippen molar-refractivity contribution in [3.05, 3.63) is 46.6 Å². The van der Waals surface area contributed by atoms with Gasteiger partial charge in [0.1, 0.15) is 11.5 Å². The van der Waals surface area contributed by atoms with Crippen LogP contribution in [0.25, 0.3) is 0 Å². The summed E-state index contributed by atoms with van der Waals surface area (Å²) in [6.07, 6.45) is 1.64. The van der Waals surface area contributed by atoms with Crippen LogP contribution in [-0.4, -0.2) is 12.1 Å². The maximum Gasteiger partial charge on any atom is 0.219 e. The molecule has 0 saturated heterocycles.